The maximum absolute atomic E-state index is 12.7. The number of Topliss-reactive ketones (excluding diaryl/α,β-unsaturated/α-hetero) is 1. The van der Waals surface area contributed by atoms with Gasteiger partial charge in [0.1, 0.15) is 6.67 Å². The van der Waals surface area contributed by atoms with Crippen LogP contribution >= 0.6 is 12.4 Å². The first-order chi connectivity index (χ1) is 9.93. The van der Waals surface area contributed by atoms with E-state index in [9.17, 15) is 14.0 Å². The highest BCUT2D eigenvalue weighted by atomic mass is 35.5. The van der Waals surface area contributed by atoms with Crippen LogP contribution in [0.25, 0.3) is 0 Å². The monoisotopic (exact) mass is 330 g/mol. The van der Waals surface area contributed by atoms with E-state index in [0.717, 1.165) is 5.56 Å². The Morgan fingerprint density at radius 3 is 2.32 bits per heavy atom. The number of carbonyl (C=O) groups is 2. The molecule has 0 fully saturated rings. The summed E-state index contributed by atoms with van der Waals surface area (Å²) < 4.78 is 12.7. The minimum Gasteiger partial charge on any atom is -0.344 e. The quantitative estimate of drug-likeness (QED) is 0.766. The lowest BCUT2D eigenvalue weighted by Gasteiger charge is -2.20. The second-order valence-electron chi connectivity index (χ2n) is 5.59. The van der Waals surface area contributed by atoms with Crippen molar-refractivity contribution in [1.82, 2.24) is 5.32 Å². The topological polar surface area (TPSA) is 72.2 Å². The van der Waals surface area contributed by atoms with E-state index in [-0.39, 0.29) is 24.7 Å². The molecule has 0 aliphatic heterocycles. The Hall–Kier alpha value is -1.46. The average molecular weight is 331 g/mol. The first-order valence-electron chi connectivity index (χ1n) is 7.12. The number of rotatable bonds is 8. The maximum Gasteiger partial charge on any atom is 0.237 e. The van der Waals surface area contributed by atoms with Gasteiger partial charge in [0, 0.05) is 0 Å². The molecule has 0 spiro atoms. The number of hydrogen-bond acceptors (Lipinski definition) is 3. The number of hydrogen-bond donors (Lipinski definition) is 2. The summed E-state index contributed by atoms with van der Waals surface area (Å²) in [5.74, 6) is -0.773. The first-order valence-corrected chi connectivity index (χ1v) is 7.12. The predicted octanol–water partition coefficient (Wildman–Crippen LogP) is 2.05. The Balaban J connectivity index is 0.00000441. The molecule has 0 aromatic heterocycles. The molecule has 1 aromatic rings. The standard InChI is InChI=1S/C16H23FN2O2.ClH/c1-11(2)8-13(18)16(21)19-14(15(20)10-17)9-12-6-4-3-5-7-12;/h3-7,11,13-14H,8-10,18H2,1-2H3,(H,19,21);1H/t13-,14-;/m0./s1. The molecule has 0 heterocycles. The van der Waals surface area contributed by atoms with Gasteiger partial charge in [-0.05, 0) is 24.3 Å². The maximum atomic E-state index is 12.7. The zero-order valence-corrected chi connectivity index (χ0v) is 13.7. The number of benzene rings is 1. The third-order valence-electron chi connectivity index (χ3n) is 3.18. The molecular weight excluding hydrogens is 307 g/mol. The number of alkyl halides is 1. The SMILES string of the molecule is CC(C)C[C@H](N)C(=O)N[C@@H](Cc1ccccc1)C(=O)CF.Cl. The van der Waals surface area contributed by atoms with Gasteiger partial charge >= 0.3 is 0 Å². The van der Waals surface area contributed by atoms with Crippen LogP contribution in [-0.4, -0.2) is 30.4 Å². The molecule has 0 bridgehead atoms. The minimum atomic E-state index is -1.10. The van der Waals surface area contributed by atoms with Gasteiger partial charge in [-0.25, -0.2) is 4.39 Å². The summed E-state index contributed by atoms with van der Waals surface area (Å²) in [5.41, 5.74) is 6.65. The smallest absolute Gasteiger partial charge is 0.237 e. The van der Waals surface area contributed by atoms with Gasteiger partial charge in [0.05, 0.1) is 12.1 Å². The molecule has 22 heavy (non-hydrogen) atoms. The van der Waals surface area contributed by atoms with Crippen molar-refractivity contribution in [3.05, 3.63) is 35.9 Å². The van der Waals surface area contributed by atoms with E-state index in [4.69, 9.17) is 5.73 Å². The molecule has 0 unspecified atom stereocenters. The number of halogens is 2. The van der Waals surface area contributed by atoms with Crippen LogP contribution in [0, 0.1) is 5.92 Å². The van der Waals surface area contributed by atoms with Crippen LogP contribution in [0.1, 0.15) is 25.8 Å². The summed E-state index contributed by atoms with van der Waals surface area (Å²) in [6, 6.07) is 7.63. The molecule has 0 radical (unpaired) electrons. The highest BCUT2D eigenvalue weighted by molar-refractivity contribution is 5.91. The molecule has 0 aliphatic carbocycles. The molecule has 3 N–H and O–H groups in total. The molecule has 1 aromatic carbocycles. The fourth-order valence-corrected chi connectivity index (χ4v) is 2.08. The number of amides is 1. The van der Waals surface area contributed by atoms with E-state index in [1.165, 1.54) is 0 Å². The second-order valence-corrected chi connectivity index (χ2v) is 5.59. The third-order valence-corrected chi connectivity index (χ3v) is 3.18. The molecule has 0 saturated heterocycles. The van der Waals surface area contributed by atoms with Gasteiger partial charge in [-0.15, -0.1) is 12.4 Å². The zero-order chi connectivity index (χ0) is 15.8. The molecule has 4 nitrogen and oxygen atoms in total. The number of ketones is 1. The summed E-state index contributed by atoms with van der Waals surface area (Å²) in [5, 5.41) is 2.57. The highest BCUT2D eigenvalue weighted by Crippen LogP contribution is 2.07. The van der Waals surface area contributed by atoms with Gasteiger partial charge in [-0.3, -0.25) is 9.59 Å². The summed E-state index contributed by atoms with van der Waals surface area (Å²) in [6.45, 7) is 2.82. The minimum absolute atomic E-state index is 0. The van der Waals surface area contributed by atoms with Gasteiger partial charge in [-0.2, -0.15) is 0 Å². The zero-order valence-electron chi connectivity index (χ0n) is 12.9. The van der Waals surface area contributed by atoms with Crippen LogP contribution in [0.2, 0.25) is 0 Å². The van der Waals surface area contributed by atoms with Gasteiger partial charge in [0.15, 0.2) is 5.78 Å². The molecule has 124 valence electrons. The molecule has 0 saturated carbocycles. The Morgan fingerprint density at radius 1 is 1.23 bits per heavy atom. The van der Waals surface area contributed by atoms with Crippen molar-refractivity contribution >= 4 is 24.1 Å². The highest BCUT2D eigenvalue weighted by Gasteiger charge is 2.24. The predicted molar refractivity (Wildman–Crippen MR) is 87.7 cm³/mol. The van der Waals surface area contributed by atoms with Crippen LogP contribution in [0.4, 0.5) is 4.39 Å². The van der Waals surface area contributed by atoms with Crippen LogP contribution in [0.15, 0.2) is 30.3 Å². The molecular formula is C16H24ClFN2O2. The lowest BCUT2D eigenvalue weighted by atomic mass is 10.0. The van der Waals surface area contributed by atoms with Crippen LogP contribution < -0.4 is 11.1 Å². The summed E-state index contributed by atoms with van der Waals surface area (Å²) in [4.78, 5) is 23.7. The van der Waals surface area contributed by atoms with Crippen molar-refractivity contribution in [3.63, 3.8) is 0 Å². The van der Waals surface area contributed by atoms with Crippen molar-refractivity contribution < 1.29 is 14.0 Å². The molecule has 1 amide bonds. The molecule has 2 atom stereocenters. The van der Waals surface area contributed by atoms with Crippen LogP contribution in [-0.2, 0) is 16.0 Å². The fourth-order valence-electron chi connectivity index (χ4n) is 2.08. The molecule has 1 rings (SSSR count). The van der Waals surface area contributed by atoms with E-state index in [1.807, 2.05) is 44.2 Å². The Bertz CT molecular complexity index is 468. The Labute approximate surface area is 137 Å². The molecule has 6 heteroatoms. The van der Waals surface area contributed by atoms with Crippen molar-refractivity contribution in [2.24, 2.45) is 11.7 Å². The lowest BCUT2D eigenvalue weighted by Crippen LogP contribution is -2.50. The van der Waals surface area contributed by atoms with Crippen molar-refractivity contribution in [2.75, 3.05) is 6.67 Å². The fraction of sp³-hybridized carbons (Fsp3) is 0.500. The van der Waals surface area contributed by atoms with Gasteiger partial charge in [0.25, 0.3) is 0 Å². The third kappa shape index (κ3) is 7.00. The first kappa shape index (κ1) is 20.5. The van der Waals surface area contributed by atoms with Crippen molar-refractivity contribution in [2.45, 2.75) is 38.8 Å². The van der Waals surface area contributed by atoms with E-state index in [1.54, 1.807) is 0 Å². The summed E-state index contributed by atoms with van der Waals surface area (Å²) in [6.07, 6.45) is 0.789. The van der Waals surface area contributed by atoms with E-state index >= 15 is 0 Å². The number of carbonyl (C=O) groups excluding carboxylic acids is 2. The average Bonchev–Trinajstić information content (AvgIpc) is 2.46. The van der Waals surface area contributed by atoms with E-state index < -0.39 is 30.4 Å². The van der Waals surface area contributed by atoms with Crippen molar-refractivity contribution in [3.8, 4) is 0 Å². The Kier molecular flexibility index (Phi) is 9.61. The van der Waals surface area contributed by atoms with Crippen LogP contribution in [0.5, 0.6) is 0 Å². The summed E-state index contributed by atoms with van der Waals surface area (Å²) >= 11 is 0. The normalized spacial score (nSPS) is 13.1. The van der Waals surface area contributed by atoms with Gasteiger partial charge in [-0.1, -0.05) is 44.2 Å². The van der Waals surface area contributed by atoms with Gasteiger partial charge in [0.2, 0.25) is 5.91 Å². The van der Waals surface area contributed by atoms with Gasteiger partial charge < -0.3 is 11.1 Å². The van der Waals surface area contributed by atoms with Crippen LogP contribution in [0.3, 0.4) is 0 Å². The largest absolute Gasteiger partial charge is 0.344 e. The van der Waals surface area contributed by atoms with E-state index in [0.29, 0.717) is 6.42 Å². The Morgan fingerprint density at radius 2 is 1.82 bits per heavy atom. The van der Waals surface area contributed by atoms with E-state index in [2.05, 4.69) is 5.32 Å². The molecule has 0 aliphatic rings. The van der Waals surface area contributed by atoms with Crippen molar-refractivity contribution in [1.29, 1.82) is 0 Å². The lowest BCUT2D eigenvalue weighted by molar-refractivity contribution is -0.129. The number of nitrogens with one attached hydrogen (secondary N) is 1. The second kappa shape index (κ2) is 10.3. The summed E-state index contributed by atoms with van der Waals surface area (Å²) in [7, 11) is 0. The number of nitrogens with two attached hydrogens (primary N) is 1.